The van der Waals surface area contributed by atoms with Crippen LogP contribution in [0.3, 0.4) is 0 Å². The van der Waals surface area contributed by atoms with E-state index in [0.717, 1.165) is 6.42 Å². The van der Waals surface area contributed by atoms with E-state index in [-0.39, 0.29) is 5.82 Å². The lowest BCUT2D eigenvalue weighted by molar-refractivity contribution is 0.291. The second-order valence-corrected chi connectivity index (χ2v) is 4.39. The van der Waals surface area contributed by atoms with Gasteiger partial charge in [-0.15, -0.1) is 0 Å². The summed E-state index contributed by atoms with van der Waals surface area (Å²) < 4.78 is 13.0. The van der Waals surface area contributed by atoms with Crippen LogP contribution in [0.5, 0.6) is 0 Å². The van der Waals surface area contributed by atoms with E-state index in [1.165, 1.54) is 30.4 Å². The summed E-state index contributed by atoms with van der Waals surface area (Å²) in [5, 5.41) is 3.57. The largest absolute Gasteiger partial charge is 0.307 e. The summed E-state index contributed by atoms with van der Waals surface area (Å²) >= 11 is 0. The first-order valence-corrected chi connectivity index (χ1v) is 5.37. The Kier molecular flexibility index (Phi) is 1.84. The number of fused-ring (bicyclic) bond motifs is 1. The van der Waals surface area contributed by atoms with E-state index in [0.29, 0.717) is 12.1 Å². The second-order valence-electron chi connectivity index (χ2n) is 4.39. The monoisotopic (exact) mass is 191 g/mol. The first-order valence-electron chi connectivity index (χ1n) is 5.37. The van der Waals surface area contributed by atoms with Crippen LogP contribution in [0.2, 0.25) is 0 Å². The lowest BCUT2D eigenvalue weighted by Crippen LogP contribution is -2.42. The van der Waals surface area contributed by atoms with Gasteiger partial charge in [-0.2, -0.15) is 0 Å². The van der Waals surface area contributed by atoms with Gasteiger partial charge in [-0.25, -0.2) is 4.39 Å². The molecule has 0 heterocycles. The van der Waals surface area contributed by atoms with E-state index in [1.807, 2.05) is 6.07 Å². The van der Waals surface area contributed by atoms with Crippen LogP contribution < -0.4 is 5.32 Å². The predicted octanol–water partition coefficient (Wildman–Crippen LogP) is 2.57. The lowest BCUT2D eigenvalue weighted by atomic mass is 9.81. The van der Waals surface area contributed by atoms with Crippen LogP contribution in [0.1, 0.15) is 36.4 Å². The van der Waals surface area contributed by atoms with Crippen LogP contribution in [0, 0.1) is 5.82 Å². The molecule has 2 aliphatic rings. The molecule has 1 nitrogen and oxygen atoms in total. The third kappa shape index (κ3) is 1.25. The molecule has 0 amide bonds. The molecule has 1 atom stereocenters. The fourth-order valence-electron chi connectivity index (χ4n) is 2.28. The van der Waals surface area contributed by atoms with Gasteiger partial charge < -0.3 is 5.32 Å². The maximum atomic E-state index is 13.0. The molecular formula is C12H14FN. The molecule has 0 radical (unpaired) electrons. The van der Waals surface area contributed by atoms with Gasteiger partial charge in [-0.1, -0.05) is 12.5 Å². The van der Waals surface area contributed by atoms with E-state index >= 15 is 0 Å². The third-order valence-electron chi connectivity index (χ3n) is 3.45. The first kappa shape index (κ1) is 8.42. The highest BCUT2D eigenvalue weighted by Gasteiger charge is 2.29. The zero-order valence-electron chi connectivity index (χ0n) is 8.09. The van der Waals surface area contributed by atoms with E-state index in [2.05, 4.69) is 5.32 Å². The first-order chi connectivity index (χ1) is 6.83. The molecule has 3 rings (SSSR count). The summed E-state index contributed by atoms with van der Waals surface area (Å²) in [5.41, 5.74) is 2.49. The highest BCUT2D eigenvalue weighted by molar-refractivity contribution is 5.39. The topological polar surface area (TPSA) is 12.0 Å². The Labute approximate surface area is 83.3 Å². The third-order valence-corrected chi connectivity index (χ3v) is 3.45. The van der Waals surface area contributed by atoms with Crippen LogP contribution in [-0.2, 0) is 6.42 Å². The Morgan fingerprint density at radius 1 is 1.29 bits per heavy atom. The van der Waals surface area contributed by atoms with E-state index in [4.69, 9.17) is 0 Å². The average Bonchev–Trinajstić information content (AvgIpc) is 2.07. The standard InChI is InChI=1S/C12H14FN/c13-9-5-4-8-6-12(11(8)7-9)14-10-2-1-3-10/h4-5,7,10,12,14H,1-3,6H2. The van der Waals surface area contributed by atoms with Crippen molar-refractivity contribution in [3.63, 3.8) is 0 Å². The molecule has 1 unspecified atom stereocenters. The fourth-order valence-corrected chi connectivity index (χ4v) is 2.28. The Bertz CT molecular complexity index is 357. The van der Waals surface area contributed by atoms with Crippen molar-refractivity contribution < 1.29 is 4.39 Å². The highest BCUT2D eigenvalue weighted by atomic mass is 19.1. The van der Waals surface area contributed by atoms with Crippen LogP contribution in [0.15, 0.2) is 18.2 Å². The van der Waals surface area contributed by atoms with Crippen molar-refractivity contribution in [2.75, 3.05) is 0 Å². The minimum atomic E-state index is -0.108. The molecule has 2 aliphatic carbocycles. The molecule has 1 saturated carbocycles. The van der Waals surface area contributed by atoms with Crippen molar-refractivity contribution in [3.8, 4) is 0 Å². The number of rotatable bonds is 2. The molecule has 2 heteroatoms. The molecule has 1 fully saturated rings. The quantitative estimate of drug-likeness (QED) is 0.757. The molecule has 0 saturated heterocycles. The Morgan fingerprint density at radius 3 is 2.86 bits per heavy atom. The highest BCUT2D eigenvalue weighted by Crippen LogP contribution is 2.35. The summed E-state index contributed by atoms with van der Waals surface area (Å²) in [6.45, 7) is 0. The average molecular weight is 191 g/mol. The van der Waals surface area contributed by atoms with Gasteiger partial charge in [0.25, 0.3) is 0 Å². The van der Waals surface area contributed by atoms with Gasteiger partial charge in [0.05, 0.1) is 0 Å². The molecule has 1 N–H and O–H groups in total. The van der Waals surface area contributed by atoms with Crippen LogP contribution >= 0.6 is 0 Å². The summed E-state index contributed by atoms with van der Waals surface area (Å²) in [7, 11) is 0. The number of halogens is 1. The SMILES string of the molecule is Fc1ccc2c(c1)C(NC1CCC1)C2. The van der Waals surface area contributed by atoms with Crippen LogP contribution in [0.25, 0.3) is 0 Å². The molecule has 14 heavy (non-hydrogen) atoms. The predicted molar refractivity (Wildman–Crippen MR) is 53.6 cm³/mol. The van der Waals surface area contributed by atoms with Crippen LogP contribution in [-0.4, -0.2) is 6.04 Å². The number of hydrogen-bond donors (Lipinski definition) is 1. The Morgan fingerprint density at radius 2 is 2.14 bits per heavy atom. The Hall–Kier alpha value is -0.890. The van der Waals surface area contributed by atoms with Crippen molar-refractivity contribution in [2.45, 2.75) is 37.8 Å². The summed E-state index contributed by atoms with van der Waals surface area (Å²) in [6.07, 6.45) is 5.01. The Balaban J connectivity index is 1.73. The smallest absolute Gasteiger partial charge is 0.123 e. The molecule has 0 bridgehead atoms. The van der Waals surface area contributed by atoms with Crippen molar-refractivity contribution in [1.82, 2.24) is 5.32 Å². The molecule has 74 valence electrons. The molecule has 1 aromatic rings. The minimum absolute atomic E-state index is 0.108. The van der Waals surface area contributed by atoms with Crippen molar-refractivity contribution >= 4 is 0 Å². The maximum absolute atomic E-state index is 13.0. The van der Waals surface area contributed by atoms with E-state index < -0.39 is 0 Å². The second kappa shape index (κ2) is 3.06. The number of nitrogens with one attached hydrogen (secondary N) is 1. The summed E-state index contributed by atoms with van der Waals surface area (Å²) in [5.74, 6) is -0.108. The van der Waals surface area contributed by atoms with Gasteiger partial charge in [0.2, 0.25) is 0 Å². The molecule has 0 aliphatic heterocycles. The van der Waals surface area contributed by atoms with E-state index in [9.17, 15) is 4.39 Å². The van der Waals surface area contributed by atoms with Crippen LogP contribution in [0.4, 0.5) is 4.39 Å². The van der Waals surface area contributed by atoms with Crippen molar-refractivity contribution in [1.29, 1.82) is 0 Å². The van der Waals surface area contributed by atoms with Gasteiger partial charge in [0.15, 0.2) is 0 Å². The van der Waals surface area contributed by atoms with Gasteiger partial charge in [0.1, 0.15) is 5.82 Å². The fraction of sp³-hybridized carbons (Fsp3) is 0.500. The summed E-state index contributed by atoms with van der Waals surface area (Å²) in [6, 6.07) is 6.25. The zero-order chi connectivity index (χ0) is 9.54. The normalized spacial score (nSPS) is 25.1. The number of benzene rings is 1. The lowest BCUT2D eigenvalue weighted by Gasteiger charge is -2.37. The maximum Gasteiger partial charge on any atom is 0.123 e. The molecule has 0 spiro atoms. The summed E-state index contributed by atoms with van der Waals surface area (Å²) in [4.78, 5) is 0. The van der Waals surface area contributed by atoms with Gasteiger partial charge >= 0.3 is 0 Å². The van der Waals surface area contributed by atoms with Crippen molar-refractivity contribution in [2.24, 2.45) is 0 Å². The van der Waals surface area contributed by atoms with Gasteiger partial charge in [-0.3, -0.25) is 0 Å². The molecule has 1 aromatic carbocycles. The van der Waals surface area contributed by atoms with E-state index in [1.54, 1.807) is 12.1 Å². The van der Waals surface area contributed by atoms with Gasteiger partial charge in [0, 0.05) is 12.1 Å². The van der Waals surface area contributed by atoms with Gasteiger partial charge in [-0.05, 0) is 42.5 Å². The molecular weight excluding hydrogens is 177 g/mol. The zero-order valence-corrected chi connectivity index (χ0v) is 8.09. The number of hydrogen-bond acceptors (Lipinski definition) is 1. The molecule has 0 aromatic heterocycles. The minimum Gasteiger partial charge on any atom is -0.307 e. The van der Waals surface area contributed by atoms with Crippen molar-refractivity contribution in [3.05, 3.63) is 35.1 Å².